The summed E-state index contributed by atoms with van der Waals surface area (Å²) in [5, 5.41) is 4.30. The van der Waals surface area contributed by atoms with Crippen molar-refractivity contribution in [2.24, 2.45) is 11.8 Å². The molecule has 0 bridgehead atoms. The highest BCUT2D eigenvalue weighted by atomic mass is 79.9. The third-order valence-corrected chi connectivity index (χ3v) is 4.50. The van der Waals surface area contributed by atoms with E-state index in [1.807, 2.05) is 10.7 Å². The first-order valence-corrected chi connectivity index (χ1v) is 7.90. The van der Waals surface area contributed by atoms with Crippen molar-refractivity contribution in [1.29, 1.82) is 0 Å². The van der Waals surface area contributed by atoms with E-state index in [1.54, 1.807) is 6.33 Å². The van der Waals surface area contributed by atoms with Crippen LogP contribution in [0.25, 0.3) is 0 Å². The molecule has 0 radical (unpaired) electrons. The molecule has 0 amide bonds. The summed E-state index contributed by atoms with van der Waals surface area (Å²) in [5.41, 5.74) is 5.22. The molecular weight excluding hydrogens is 330 g/mol. The summed E-state index contributed by atoms with van der Waals surface area (Å²) in [4.78, 5) is 4.38. The lowest BCUT2D eigenvalue weighted by Gasteiger charge is -2.19. The lowest BCUT2D eigenvalue weighted by molar-refractivity contribution is 0.446. The fourth-order valence-electron chi connectivity index (χ4n) is 2.33. The predicted molar refractivity (Wildman–Crippen MR) is 87.5 cm³/mol. The maximum absolute atomic E-state index is 5.76. The van der Waals surface area contributed by atoms with Crippen molar-refractivity contribution < 1.29 is 0 Å². The van der Waals surface area contributed by atoms with E-state index < -0.39 is 0 Å². The Morgan fingerprint density at radius 2 is 2.14 bits per heavy atom. The van der Waals surface area contributed by atoms with Crippen LogP contribution in [0.5, 0.6) is 0 Å². The van der Waals surface area contributed by atoms with Gasteiger partial charge in [0.25, 0.3) is 0 Å². The average Bonchev–Trinajstić information content (AvgIpc) is 2.86. The largest absolute Gasteiger partial charge is 0.271 e. The van der Waals surface area contributed by atoms with Crippen LogP contribution in [-0.2, 0) is 13.0 Å². The Morgan fingerprint density at radius 1 is 1.38 bits per heavy atom. The SMILES string of the molecule is Cc1cccc(C(Cc2ncnn2CC(C)C)NN)c1Br. The quantitative estimate of drug-likeness (QED) is 0.620. The van der Waals surface area contributed by atoms with Crippen LogP contribution in [0.15, 0.2) is 29.0 Å². The van der Waals surface area contributed by atoms with Crippen molar-refractivity contribution in [2.45, 2.75) is 39.8 Å². The number of aryl methyl sites for hydroxylation is 1. The summed E-state index contributed by atoms with van der Waals surface area (Å²) in [6.45, 7) is 7.27. The minimum atomic E-state index is -0.00520. The zero-order valence-electron chi connectivity index (χ0n) is 12.7. The average molecular weight is 352 g/mol. The van der Waals surface area contributed by atoms with Crippen LogP contribution in [0, 0.1) is 12.8 Å². The van der Waals surface area contributed by atoms with Crippen LogP contribution < -0.4 is 11.3 Å². The number of nitrogens with one attached hydrogen (secondary N) is 1. The molecule has 3 N–H and O–H groups in total. The van der Waals surface area contributed by atoms with Gasteiger partial charge >= 0.3 is 0 Å². The Balaban J connectivity index is 2.24. The molecule has 0 aliphatic rings. The minimum absolute atomic E-state index is 0.00520. The van der Waals surface area contributed by atoms with Crippen LogP contribution in [-0.4, -0.2) is 14.8 Å². The highest BCUT2D eigenvalue weighted by molar-refractivity contribution is 9.10. The van der Waals surface area contributed by atoms with E-state index in [4.69, 9.17) is 5.84 Å². The summed E-state index contributed by atoms with van der Waals surface area (Å²) >= 11 is 3.65. The number of hydrazine groups is 1. The third-order valence-electron chi connectivity index (χ3n) is 3.42. The van der Waals surface area contributed by atoms with Gasteiger partial charge in [-0.25, -0.2) is 9.67 Å². The zero-order chi connectivity index (χ0) is 15.4. The van der Waals surface area contributed by atoms with Crippen molar-refractivity contribution in [3.63, 3.8) is 0 Å². The highest BCUT2D eigenvalue weighted by Gasteiger charge is 2.18. The van der Waals surface area contributed by atoms with Crippen LogP contribution in [0.4, 0.5) is 0 Å². The van der Waals surface area contributed by atoms with Gasteiger partial charge in [-0.3, -0.25) is 11.3 Å². The minimum Gasteiger partial charge on any atom is -0.271 e. The summed E-state index contributed by atoms with van der Waals surface area (Å²) in [7, 11) is 0. The lowest BCUT2D eigenvalue weighted by atomic mass is 10.0. The molecule has 2 aromatic rings. The molecule has 114 valence electrons. The maximum Gasteiger partial charge on any atom is 0.138 e. The van der Waals surface area contributed by atoms with Crippen molar-refractivity contribution in [2.75, 3.05) is 0 Å². The van der Waals surface area contributed by atoms with Crippen molar-refractivity contribution >= 4 is 15.9 Å². The molecule has 2 rings (SSSR count). The summed E-state index contributed by atoms with van der Waals surface area (Å²) in [5.74, 6) is 7.24. The number of nitrogens with two attached hydrogens (primary N) is 1. The van der Waals surface area contributed by atoms with Crippen molar-refractivity contribution in [3.8, 4) is 0 Å². The number of benzene rings is 1. The number of aromatic nitrogens is 3. The van der Waals surface area contributed by atoms with E-state index in [1.165, 1.54) is 5.56 Å². The number of rotatable bonds is 6. The van der Waals surface area contributed by atoms with Crippen LogP contribution in [0.1, 0.15) is 36.8 Å². The molecule has 1 atom stereocenters. The Kier molecular flexibility index (Phi) is 5.50. The lowest BCUT2D eigenvalue weighted by Crippen LogP contribution is -2.31. The third kappa shape index (κ3) is 3.90. The van der Waals surface area contributed by atoms with Crippen molar-refractivity contribution in [3.05, 3.63) is 46.0 Å². The second kappa shape index (κ2) is 7.15. The first-order chi connectivity index (χ1) is 10.0. The molecule has 1 unspecified atom stereocenters. The zero-order valence-corrected chi connectivity index (χ0v) is 14.3. The molecule has 0 saturated carbocycles. The second-order valence-corrected chi connectivity index (χ2v) is 6.45. The van der Waals surface area contributed by atoms with Crippen LogP contribution >= 0.6 is 15.9 Å². The van der Waals surface area contributed by atoms with Gasteiger partial charge in [-0.2, -0.15) is 5.10 Å². The van der Waals surface area contributed by atoms with Gasteiger partial charge in [0.05, 0.1) is 6.04 Å². The molecule has 0 spiro atoms. The molecule has 6 heteroatoms. The molecule has 1 aromatic heterocycles. The van der Waals surface area contributed by atoms with E-state index in [9.17, 15) is 0 Å². The van der Waals surface area contributed by atoms with E-state index in [0.29, 0.717) is 12.3 Å². The van der Waals surface area contributed by atoms with Crippen LogP contribution in [0.2, 0.25) is 0 Å². The fourth-order valence-corrected chi connectivity index (χ4v) is 2.87. The first kappa shape index (κ1) is 16.1. The molecule has 1 heterocycles. The molecule has 0 aliphatic carbocycles. The van der Waals surface area contributed by atoms with Gasteiger partial charge in [-0.05, 0) is 24.0 Å². The van der Waals surface area contributed by atoms with E-state index in [0.717, 1.165) is 22.4 Å². The molecular formula is C15H22BrN5. The second-order valence-electron chi connectivity index (χ2n) is 5.65. The Labute approximate surface area is 134 Å². The standard InChI is InChI=1S/C15H22BrN5/c1-10(2)8-21-14(18-9-19-21)7-13(20-17)12-6-4-5-11(3)15(12)16/h4-6,9-10,13,20H,7-8,17H2,1-3H3. The Morgan fingerprint density at radius 3 is 2.81 bits per heavy atom. The van der Waals surface area contributed by atoms with Gasteiger partial charge in [0, 0.05) is 17.4 Å². The van der Waals surface area contributed by atoms with Crippen LogP contribution in [0.3, 0.4) is 0 Å². The van der Waals surface area contributed by atoms with Gasteiger partial charge in [-0.1, -0.05) is 48.0 Å². The van der Waals surface area contributed by atoms with Gasteiger partial charge in [0.1, 0.15) is 12.2 Å². The monoisotopic (exact) mass is 351 g/mol. The van der Waals surface area contributed by atoms with Gasteiger partial charge in [0.2, 0.25) is 0 Å². The number of nitrogens with zero attached hydrogens (tertiary/aromatic N) is 3. The summed E-state index contributed by atoms with van der Waals surface area (Å²) in [6, 6.07) is 6.18. The number of hydrogen-bond donors (Lipinski definition) is 2. The maximum atomic E-state index is 5.76. The van der Waals surface area contributed by atoms with E-state index >= 15 is 0 Å². The topological polar surface area (TPSA) is 68.8 Å². The summed E-state index contributed by atoms with van der Waals surface area (Å²) in [6.07, 6.45) is 2.31. The highest BCUT2D eigenvalue weighted by Crippen LogP contribution is 2.28. The molecule has 0 aliphatic heterocycles. The molecule has 0 fully saturated rings. The van der Waals surface area contributed by atoms with Gasteiger partial charge < -0.3 is 0 Å². The molecule has 21 heavy (non-hydrogen) atoms. The van der Waals surface area contributed by atoms with Gasteiger partial charge in [-0.15, -0.1) is 0 Å². The molecule has 5 nitrogen and oxygen atoms in total. The Bertz CT molecular complexity index is 593. The number of hydrogen-bond acceptors (Lipinski definition) is 4. The molecule has 0 saturated heterocycles. The fraction of sp³-hybridized carbons (Fsp3) is 0.467. The smallest absolute Gasteiger partial charge is 0.138 e. The van der Waals surface area contributed by atoms with E-state index in [-0.39, 0.29) is 6.04 Å². The molecule has 1 aromatic carbocycles. The Hall–Kier alpha value is -1.24. The van der Waals surface area contributed by atoms with Gasteiger partial charge in [0.15, 0.2) is 0 Å². The van der Waals surface area contributed by atoms with E-state index in [2.05, 4.69) is 64.3 Å². The first-order valence-electron chi connectivity index (χ1n) is 7.10. The normalized spacial score (nSPS) is 12.9. The summed E-state index contributed by atoms with van der Waals surface area (Å²) < 4.78 is 3.04. The van der Waals surface area contributed by atoms with Crippen molar-refractivity contribution in [1.82, 2.24) is 20.2 Å². The predicted octanol–water partition coefficient (Wildman–Crippen LogP) is 2.75. The number of halogens is 1.